The highest BCUT2D eigenvalue weighted by molar-refractivity contribution is 5.85. The SMILES string of the molecule is CCCC(CCC)C(N)(O)CCC.Cl. The van der Waals surface area contributed by atoms with E-state index in [-0.39, 0.29) is 18.3 Å². The molecule has 0 aliphatic heterocycles. The largest absolute Gasteiger partial charge is 0.376 e. The van der Waals surface area contributed by atoms with Crippen LogP contribution in [0.25, 0.3) is 0 Å². The summed E-state index contributed by atoms with van der Waals surface area (Å²) in [6.45, 7) is 6.35. The van der Waals surface area contributed by atoms with Crippen LogP contribution in [0.4, 0.5) is 0 Å². The van der Waals surface area contributed by atoms with Crippen LogP contribution < -0.4 is 5.73 Å². The summed E-state index contributed by atoms with van der Waals surface area (Å²) in [5.41, 5.74) is 4.97. The summed E-state index contributed by atoms with van der Waals surface area (Å²) in [6.07, 6.45) is 5.97. The zero-order valence-electron chi connectivity index (χ0n) is 9.75. The van der Waals surface area contributed by atoms with Crippen molar-refractivity contribution in [1.82, 2.24) is 0 Å². The highest BCUT2D eigenvalue weighted by Gasteiger charge is 2.29. The molecule has 0 aromatic rings. The van der Waals surface area contributed by atoms with Gasteiger partial charge in [0.15, 0.2) is 0 Å². The second kappa shape index (κ2) is 8.51. The Labute approximate surface area is 94.7 Å². The molecule has 0 aromatic carbocycles. The maximum Gasteiger partial charge on any atom is 0.116 e. The van der Waals surface area contributed by atoms with E-state index in [1.54, 1.807) is 0 Å². The lowest BCUT2D eigenvalue weighted by atomic mass is 9.85. The minimum Gasteiger partial charge on any atom is -0.376 e. The Morgan fingerprint density at radius 3 is 1.79 bits per heavy atom. The summed E-state index contributed by atoms with van der Waals surface area (Å²) in [6, 6.07) is 0. The molecule has 0 rings (SSSR count). The minimum atomic E-state index is -0.930. The molecule has 0 saturated heterocycles. The van der Waals surface area contributed by atoms with Crippen LogP contribution in [-0.2, 0) is 0 Å². The maximum atomic E-state index is 10.0. The van der Waals surface area contributed by atoms with Gasteiger partial charge in [-0.3, -0.25) is 0 Å². The van der Waals surface area contributed by atoms with E-state index in [0.717, 1.165) is 38.5 Å². The molecular formula is C11H26ClNO. The molecule has 1 atom stereocenters. The molecule has 0 aliphatic carbocycles. The van der Waals surface area contributed by atoms with Crippen molar-refractivity contribution in [3.8, 4) is 0 Å². The Morgan fingerprint density at radius 2 is 1.50 bits per heavy atom. The van der Waals surface area contributed by atoms with E-state index in [2.05, 4.69) is 20.8 Å². The van der Waals surface area contributed by atoms with Gasteiger partial charge < -0.3 is 10.8 Å². The van der Waals surface area contributed by atoms with E-state index in [9.17, 15) is 5.11 Å². The number of halogens is 1. The smallest absolute Gasteiger partial charge is 0.116 e. The monoisotopic (exact) mass is 223 g/mol. The van der Waals surface area contributed by atoms with Gasteiger partial charge >= 0.3 is 0 Å². The molecule has 0 bridgehead atoms. The number of rotatable bonds is 7. The molecule has 88 valence electrons. The van der Waals surface area contributed by atoms with Crippen LogP contribution in [0.5, 0.6) is 0 Å². The van der Waals surface area contributed by atoms with E-state index in [1.165, 1.54) is 0 Å². The van der Waals surface area contributed by atoms with Crippen molar-refractivity contribution in [2.24, 2.45) is 11.7 Å². The minimum absolute atomic E-state index is 0. The fraction of sp³-hybridized carbons (Fsp3) is 1.00. The molecule has 0 heterocycles. The molecule has 0 amide bonds. The molecule has 0 saturated carbocycles. The lowest BCUT2D eigenvalue weighted by Gasteiger charge is -2.32. The average molecular weight is 224 g/mol. The van der Waals surface area contributed by atoms with Gasteiger partial charge in [-0.1, -0.05) is 40.0 Å². The third kappa shape index (κ3) is 5.84. The van der Waals surface area contributed by atoms with Gasteiger partial charge in [-0.25, -0.2) is 0 Å². The van der Waals surface area contributed by atoms with Gasteiger partial charge in [-0.05, 0) is 19.3 Å². The Kier molecular flexibility index (Phi) is 10.1. The van der Waals surface area contributed by atoms with Crippen LogP contribution in [0.15, 0.2) is 0 Å². The Morgan fingerprint density at radius 1 is 1.07 bits per heavy atom. The summed E-state index contributed by atoms with van der Waals surface area (Å²) < 4.78 is 0. The van der Waals surface area contributed by atoms with Crippen molar-refractivity contribution in [1.29, 1.82) is 0 Å². The maximum absolute atomic E-state index is 10.0. The molecule has 3 heteroatoms. The van der Waals surface area contributed by atoms with Crippen LogP contribution >= 0.6 is 12.4 Å². The first-order chi connectivity index (χ1) is 6.08. The number of hydrogen-bond acceptors (Lipinski definition) is 2. The standard InChI is InChI=1S/C11H25NO.ClH/c1-4-7-10(8-5-2)11(12,13)9-6-3;/h10,13H,4-9,12H2,1-3H3;1H. The van der Waals surface area contributed by atoms with Gasteiger partial charge in [0.2, 0.25) is 0 Å². The summed E-state index contributed by atoms with van der Waals surface area (Å²) >= 11 is 0. The Hall–Kier alpha value is 0.210. The fourth-order valence-electron chi connectivity index (χ4n) is 1.95. The molecule has 0 fully saturated rings. The van der Waals surface area contributed by atoms with Crippen molar-refractivity contribution >= 4 is 12.4 Å². The quantitative estimate of drug-likeness (QED) is 0.652. The van der Waals surface area contributed by atoms with Crippen LogP contribution in [0, 0.1) is 5.92 Å². The molecule has 1 unspecified atom stereocenters. The molecule has 0 aromatic heterocycles. The Bertz CT molecular complexity index is 122. The summed E-state index contributed by atoms with van der Waals surface area (Å²) in [5, 5.41) is 10.0. The first-order valence-corrected chi connectivity index (χ1v) is 5.59. The van der Waals surface area contributed by atoms with Crippen molar-refractivity contribution in [3.63, 3.8) is 0 Å². The molecule has 3 N–H and O–H groups in total. The van der Waals surface area contributed by atoms with Crippen molar-refractivity contribution < 1.29 is 5.11 Å². The topological polar surface area (TPSA) is 46.2 Å². The van der Waals surface area contributed by atoms with Crippen LogP contribution in [0.3, 0.4) is 0 Å². The van der Waals surface area contributed by atoms with Crippen molar-refractivity contribution in [2.75, 3.05) is 0 Å². The number of aliphatic hydroxyl groups is 1. The third-order valence-corrected chi connectivity index (χ3v) is 2.63. The van der Waals surface area contributed by atoms with Gasteiger partial charge in [0.1, 0.15) is 5.72 Å². The first-order valence-electron chi connectivity index (χ1n) is 5.59. The average Bonchev–Trinajstić information content (AvgIpc) is 2.04. The summed E-state index contributed by atoms with van der Waals surface area (Å²) in [4.78, 5) is 0. The van der Waals surface area contributed by atoms with E-state index >= 15 is 0 Å². The number of hydrogen-bond donors (Lipinski definition) is 2. The molecular weight excluding hydrogens is 198 g/mol. The van der Waals surface area contributed by atoms with Crippen LogP contribution in [0.1, 0.15) is 59.3 Å². The second-order valence-corrected chi connectivity index (χ2v) is 4.02. The van der Waals surface area contributed by atoms with E-state index in [0.29, 0.717) is 0 Å². The second-order valence-electron chi connectivity index (χ2n) is 4.02. The predicted octanol–water partition coefficient (Wildman–Crippen LogP) is 3.07. The highest BCUT2D eigenvalue weighted by atomic mass is 35.5. The zero-order chi connectivity index (χ0) is 10.3. The van der Waals surface area contributed by atoms with E-state index in [4.69, 9.17) is 5.73 Å². The lowest BCUT2D eigenvalue weighted by molar-refractivity contribution is -0.0286. The Balaban J connectivity index is 0. The molecule has 14 heavy (non-hydrogen) atoms. The first kappa shape index (κ1) is 16.6. The number of nitrogens with two attached hydrogens (primary N) is 1. The van der Waals surface area contributed by atoms with Gasteiger partial charge in [0.05, 0.1) is 0 Å². The molecule has 0 aliphatic rings. The van der Waals surface area contributed by atoms with Crippen molar-refractivity contribution in [3.05, 3.63) is 0 Å². The van der Waals surface area contributed by atoms with Gasteiger partial charge in [-0.2, -0.15) is 0 Å². The van der Waals surface area contributed by atoms with Gasteiger partial charge in [0.25, 0.3) is 0 Å². The van der Waals surface area contributed by atoms with E-state index in [1.807, 2.05) is 0 Å². The third-order valence-electron chi connectivity index (χ3n) is 2.63. The van der Waals surface area contributed by atoms with Gasteiger partial charge in [-0.15, -0.1) is 12.4 Å². The molecule has 0 spiro atoms. The predicted molar refractivity (Wildman–Crippen MR) is 64.6 cm³/mol. The summed E-state index contributed by atoms with van der Waals surface area (Å²) in [5.74, 6) is 0.280. The van der Waals surface area contributed by atoms with Crippen molar-refractivity contribution in [2.45, 2.75) is 65.0 Å². The highest BCUT2D eigenvalue weighted by Crippen LogP contribution is 2.26. The van der Waals surface area contributed by atoms with E-state index < -0.39 is 5.72 Å². The van der Waals surface area contributed by atoms with Gasteiger partial charge in [0, 0.05) is 5.92 Å². The lowest BCUT2D eigenvalue weighted by Crippen LogP contribution is -2.47. The summed E-state index contributed by atoms with van der Waals surface area (Å²) in [7, 11) is 0. The van der Waals surface area contributed by atoms with Crippen LogP contribution in [0.2, 0.25) is 0 Å². The molecule has 0 radical (unpaired) electrons. The van der Waals surface area contributed by atoms with Crippen LogP contribution in [-0.4, -0.2) is 10.8 Å². The fourth-order valence-corrected chi connectivity index (χ4v) is 1.95. The normalized spacial score (nSPS) is 15.0. The zero-order valence-corrected chi connectivity index (χ0v) is 10.6. The molecule has 2 nitrogen and oxygen atoms in total.